The number of rotatable bonds is 9. The van der Waals surface area contributed by atoms with E-state index in [1.807, 2.05) is 6.92 Å². The summed E-state index contributed by atoms with van der Waals surface area (Å²) in [6, 6.07) is 2.41. The van der Waals surface area contributed by atoms with Gasteiger partial charge in [-0.15, -0.1) is 24.0 Å². The van der Waals surface area contributed by atoms with Gasteiger partial charge in [-0.25, -0.2) is 0 Å². The summed E-state index contributed by atoms with van der Waals surface area (Å²) < 4.78 is 5.21. The summed E-state index contributed by atoms with van der Waals surface area (Å²) >= 11 is 0. The molecular formula is C20H36IN5O2. The molecule has 0 bridgehead atoms. The summed E-state index contributed by atoms with van der Waals surface area (Å²) in [6.45, 7) is 14.8. The van der Waals surface area contributed by atoms with Gasteiger partial charge in [0.1, 0.15) is 0 Å². The fourth-order valence-corrected chi connectivity index (χ4v) is 3.55. The van der Waals surface area contributed by atoms with Gasteiger partial charge in [-0.3, -0.25) is 14.7 Å². The summed E-state index contributed by atoms with van der Waals surface area (Å²) in [4.78, 5) is 21.7. The second-order valence-corrected chi connectivity index (χ2v) is 6.89. The highest BCUT2D eigenvalue weighted by atomic mass is 127. The van der Waals surface area contributed by atoms with Crippen LogP contribution in [0.15, 0.2) is 21.7 Å². The third-order valence-corrected chi connectivity index (χ3v) is 5.08. The van der Waals surface area contributed by atoms with Crippen LogP contribution in [0, 0.1) is 6.92 Å². The zero-order chi connectivity index (χ0) is 19.6. The van der Waals surface area contributed by atoms with E-state index in [9.17, 15) is 4.79 Å². The first-order valence-electron chi connectivity index (χ1n) is 10.2. The number of hydrogen-bond donors (Lipinski definition) is 2. The third kappa shape index (κ3) is 6.95. The Labute approximate surface area is 186 Å². The number of halogens is 1. The van der Waals surface area contributed by atoms with Crippen LogP contribution in [0.2, 0.25) is 0 Å². The van der Waals surface area contributed by atoms with Gasteiger partial charge in [0.15, 0.2) is 11.7 Å². The predicted octanol–water partition coefficient (Wildman–Crippen LogP) is 2.71. The molecule has 0 radical (unpaired) electrons. The number of furan rings is 1. The maximum absolute atomic E-state index is 12.0. The zero-order valence-electron chi connectivity index (χ0n) is 17.7. The Morgan fingerprint density at radius 2 is 2.07 bits per heavy atom. The molecule has 28 heavy (non-hydrogen) atoms. The fraction of sp³-hybridized carbons (Fsp3) is 0.700. The summed E-state index contributed by atoms with van der Waals surface area (Å²) in [5.41, 5.74) is 0.858. The van der Waals surface area contributed by atoms with Gasteiger partial charge in [-0.2, -0.15) is 0 Å². The van der Waals surface area contributed by atoms with Crippen LogP contribution in [-0.4, -0.2) is 73.5 Å². The van der Waals surface area contributed by atoms with Crippen LogP contribution in [-0.2, 0) is 0 Å². The van der Waals surface area contributed by atoms with E-state index >= 15 is 0 Å². The van der Waals surface area contributed by atoms with Crippen LogP contribution in [0.5, 0.6) is 0 Å². The maximum Gasteiger partial charge on any atom is 0.287 e. The van der Waals surface area contributed by atoms with Crippen LogP contribution in [0.4, 0.5) is 0 Å². The molecule has 1 unspecified atom stereocenters. The molecule has 7 nitrogen and oxygen atoms in total. The Morgan fingerprint density at radius 3 is 2.68 bits per heavy atom. The largest absolute Gasteiger partial charge is 0.459 e. The Bertz CT molecular complexity index is 615. The number of likely N-dealkylation sites (tertiary alicyclic amines) is 1. The standard InChI is InChI=1S/C20H35N5O2.HI/c1-5-21-20(25-13-9-17(15-25)24(6-2)7-3)23-12-8-11-22-19(26)18-16(4)10-14-27-18;/h10,14,17H,5-9,11-13,15H2,1-4H3,(H,21,23)(H,22,26);1H. The number of aryl methyl sites for hydroxylation is 1. The van der Waals surface area contributed by atoms with E-state index in [2.05, 4.69) is 41.2 Å². The maximum atomic E-state index is 12.0. The van der Waals surface area contributed by atoms with Gasteiger partial charge in [0.05, 0.1) is 6.26 Å². The van der Waals surface area contributed by atoms with Crippen LogP contribution >= 0.6 is 24.0 Å². The molecule has 1 aromatic heterocycles. The monoisotopic (exact) mass is 505 g/mol. The minimum absolute atomic E-state index is 0. The molecule has 160 valence electrons. The van der Waals surface area contributed by atoms with Crippen molar-refractivity contribution in [2.75, 3.05) is 45.8 Å². The zero-order valence-corrected chi connectivity index (χ0v) is 20.0. The fourth-order valence-electron chi connectivity index (χ4n) is 3.55. The summed E-state index contributed by atoms with van der Waals surface area (Å²) in [7, 11) is 0. The lowest BCUT2D eigenvalue weighted by Gasteiger charge is -2.27. The molecule has 1 amide bonds. The van der Waals surface area contributed by atoms with Gasteiger partial charge in [-0.1, -0.05) is 13.8 Å². The van der Waals surface area contributed by atoms with Gasteiger partial charge in [-0.05, 0) is 45.8 Å². The van der Waals surface area contributed by atoms with Crippen LogP contribution in [0.25, 0.3) is 0 Å². The second kappa shape index (κ2) is 13.0. The number of carbonyl (C=O) groups is 1. The minimum atomic E-state index is -0.157. The molecule has 2 heterocycles. The Hall–Kier alpha value is -1.29. The number of amides is 1. The average Bonchev–Trinajstić information content (AvgIpc) is 3.31. The van der Waals surface area contributed by atoms with Gasteiger partial charge in [0.2, 0.25) is 0 Å². The minimum Gasteiger partial charge on any atom is -0.459 e. The molecule has 2 N–H and O–H groups in total. The molecule has 1 saturated heterocycles. The van der Waals surface area contributed by atoms with Crippen molar-refractivity contribution in [3.05, 3.63) is 23.7 Å². The lowest BCUT2D eigenvalue weighted by atomic mass is 10.2. The van der Waals surface area contributed by atoms with E-state index < -0.39 is 0 Å². The number of guanidine groups is 1. The molecule has 1 fully saturated rings. The van der Waals surface area contributed by atoms with Gasteiger partial charge in [0, 0.05) is 44.3 Å². The number of nitrogens with zero attached hydrogens (tertiary/aromatic N) is 3. The summed E-state index contributed by atoms with van der Waals surface area (Å²) in [5.74, 6) is 1.22. The van der Waals surface area contributed by atoms with Gasteiger partial charge in [0.25, 0.3) is 5.91 Å². The van der Waals surface area contributed by atoms with E-state index in [0.29, 0.717) is 24.9 Å². The van der Waals surface area contributed by atoms with Crippen molar-refractivity contribution in [3.63, 3.8) is 0 Å². The first-order valence-corrected chi connectivity index (χ1v) is 10.2. The number of hydrogen-bond acceptors (Lipinski definition) is 4. The molecule has 1 atom stereocenters. The third-order valence-electron chi connectivity index (χ3n) is 5.08. The van der Waals surface area contributed by atoms with Gasteiger partial charge < -0.3 is 20.0 Å². The molecule has 2 rings (SSSR count). The van der Waals surface area contributed by atoms with Crippen molar-refractivity contribution < 1.29 is 9.21 Å². The van der Waals surface area contributed by atoms with E-state index in [0.717, 1.165) is 50.7 Å². The quantitative estimate of drug-likeness (QED) is 0.234. The average molecular weight is 505 g/mol. The normalized spacial score (nSPS) is 17.0. The topological polar surface area (TPSA) is 73.1 Å². The lowest BCUT2D eigenvalue weighted by Crippen LogP contribution is -2.43. The Kier molecular flexibility index (Phi) is 11.5. The molecule has 1 aliphatic heterocycles. The van der Waals surface area contributed by atoms with Crippen LogP contribution < -0.4 is 10.6 Å². The highest BCUT2D eigenvalue weighted by molar-refractivity contribution is 14.0. The molecule has 0 saturated carbocycles. The first-order chi connectivity index (χ1) is 13.1. The summed E-state index contributed by atoms with van der Waals surface area (Å²) in [6.07, 6.45) is 3.52. The lowest BCUT2D eigenvalue weighted by molar-refractivity contribution is 0.0925. The smallest absolute Gasteiger partial charge is 0.287 e. The van der Waals surface area contributed by atoms with Crippen molar-refractivity contribution in [2.45, 2.75) is 46.6 Å². The highest BCUT2D eigenvalue weighted by Crippen LogP contribution is 2.15. The van der Waals surface area contributed by atoms with Crippen LogP contribution in [0.1, 0.15) is 49.7 Å². The summed E-state index contributed by atoms with van der Waals surface area (Å²) in [5, 5.41) is 6.30. The SMILES string of the molecule is CCNC(=NCCCNC(=O)c1occc1C)N1CCC(N(CC)CC)C1.I. The predicted molar refractivity (Wildman–Crippen MR) is 125 cm³/mol. The number of aliphatic imine (C=N–C) groups is 1. The number of nitrogens with one attached hydrogen (secondary N) is 2. The Morgan fingerprint density at radius 1 is 1.32 bits per heavy atom. The van der Waals surface area contributed by atoms with E-state index in [-0.39, 0.29) is 29.9 Å². The first kappa shape index (κ1) is 24.7. The molecule has 0 aromatic carbocycles. The molecule has 0 aliphatic carbocycles. The molecule has 1 aliphatic rings. The van der Waals surface area contributed by atoms with Crippen LogP contribution in [0.3, 0.4) is 0 Å². The second-order valence-electron chi connectivity index (χ2n) is 6.89. The van der Waals surface area contributed by atoms with Crippen molar-refractivity contribution >= 4 is 35.8 Å². The highest BCUT2D eigenvalue weighted by Gasteiger charge is 2.27. The number of carbonyl (C=O) groups excluding carboxylic acids is 1. The van der Waals surface area contributed by atoms with Crippen molar-refractivity contribution in [1.29, 1.82) is 0 Å². The molecule has 0 spiro atoms. The van der Waals surface area contributed by atoms with E-state index in [1.54, 1.807) is 12.3 Å². The molecule has 8 heteroatoms. The van der Waals surface area contributed by atoms with Crippen molar-refractivity contribution in [3.8, 4) is 0 Å². The number of likely N-dealkylation sites (N-methyl/N-ethyl adjacent to an activating group) is 1. The molecule has 1 aromatic rings. The van der Waals surface area contributed by atoms with Crippen molar-refractivity contribution in [2.24, 2.45) is 4.99 Å². The molecular weight excluding hydrogens is 469 g/mol. The van der Waals surface area contributed by atoms with E-state index in [4.69, 9.17) is 9.41 Å². The van der Waals surface area contributed by atoms with Gasteiger partial charge >= 0.3 is 0 Å². The van der Waals surface area contributed by atoms with Crippen molar-refractivity contribution in [1.82, 2.24) is 20.4 Å². The van der Waals surface area contributed by atoms with E-state index in [1.165, 1.54) is 6.42 Å². The Balaban J connectivity index is 0.00000392.